The predicted molar refractivity (Wildman–Crippen MR) is 97.9 cm³/mol. The lowest BCUT2D eigenvalue weighted by Gasteiger charge is -2.14. The Kier molecular flexibility index (Phi) is 4.98. The Hall–Kier alpha value is -1.70. The van der Waals surface area contributed by atoms with Crippen LogP contribution in [0.4, 0.5) is 5.69 Å². The summed E-state index contributed by atoms with van der Waals surface area (Å²) in [7, 11) is -8.16. The monoisotopic (exact) mass is 453 g/mol. The van der Waals surface area contributed by atoms with E-state index in [1.165, 1.54) is 18.2 Å². The summed E-state index contributed by atoms with van der Waals surface area (Å²) >= 11 is 13.0. The van der Waals surface area contributed by atoms with Crippen LogP contribution < -0.4 is 9.86 Å². The van der Waals surface area contributed by atoms with E-state index in [0.29, 0.717) is 0 Å². The van der Waals surface area contributed by atoms with Gasteiger partial charge in [-0.2, -0.15) is 5.10 Å². The maximum atomic E-state index is 12.5. The van der Waals surface area contributed by atoms with Crippen molar-refractivity contribution >= 4 is 60.3 Å². The summed E-state index contributed by atoms with van der Waals surface area (Å²) in [4.78, 5) is 3.59. The molecule has 0 amide bonds. The molecular weight excluding hydrogens is 445 g/mol. The summed E-state index contributed by atoms with van der Waals surface area (Å²) in [6, 6.07) is 5.47. The Morgan fingerprint density at radius 2 is 1.85 bits per heavy atom. The molecule has 0 aliphatic rings. The van der Waals surface area contributed by atoms with Gasteiger partial charge in [-0.05, 0) is 23.6 Å². The van der Waals surface area contributed by atoms with E-state index in [1.807, 2.05) is 0 Å². The van der Waals surface area contributed by atoms with E-state index in [1.54, 1.807) is 11.4 Å². The van der Waals surface area contributed by atoms with Gasteiger partial charge in [-0.1, -0.05) is 29.3 Å². The highest BCUT2D eigenvalue weighted by atomic mass is 35.5. The van der Waals surface area contributed by atoms with Gasteiger partial charge < -0.3 is 0 Å². The number of rotatable bonds is 5. The molecule has 0 saturated heterocycles. The summed E-state index contributed by atoms with van der Waals surface area (Å²) in [6.07, 6.45) is 0.958. The topological polar surface area (TPSA) is 137 Å². The van der Waals surface area contributed by atoms with Gasteiger partial charge in [0.25, 0.3) is 25.2 Å². The maximum Gasteiger partial charge on any atom is 0.273 e. The van der Waals surface area contributed by atoms with E-state index in [0.717, 1.165) is 22.3 Å². The van der Waals surface area contributed by atoms with Crippen LogP contribution in [-0.4, -0.2) is 31.6 Å². The van der Waals surface area contributed by atoms with Crippen LogP contribution in [0.5, 0.6) is 0 Å². The zero-order chi connectivity index (χ0) is 19.1. The molecule has 3 aromatic rings. The smallest absolute Gasteiger partial charge is 0.273 e. The standard InChI is InChI=1S/C12H9Cl2N5O4S3/c13-7-4-9(18-26(22,23)11-2-1-3-24-11)10(5-8(7)14)19-12(16-6-17-19)25(15,20)21/h1-6,18H,(H2,15,20,21). The maximum absolute atomic E-state index is 12.5. The number of nitrogens with zero attached hydrogens (tertiary/aromatic N) is 3. The highest BCUT2D eigenvalue weighted by Gasteiger charge is 2.24. The zero-order valence-electron chi connectivity index (χ0n) is 12.5. The highest BCUT2D eigenvalue weighted by molar-refractivity contribution is 7.94. The van der Waals surface area contributed by atoms with Crippen LogP contribution in [0, 0.1) is 0 Å². The van der Waals surface area contributed by atoms with Gasteiger partial charge in [-0.3, -0.25) is 4.72 Å². The highest BCUT2D eigenvalue weighted by Crippen LogP contribution is 2.33. The molecule has 0 bridgehead atoms. The van der Waals surface area contributed by atoms with Gasteiger partial charge >= 0.3 is 0 Å². The van der Waals surface area contributed by atoms with Crippen LogP contribution in [0.3, 0.4) is 0 Å². The lowest BCUT2D eigenvalue weighted by molar-refractivity contribution is 0.582. The average molecular weight is 454 g/mol. The third-order valence-electron chi connectivity index (χ3n) is 3.04. The van der Waals surface area contributed by atoms with E-state index >= 15 is 0 Å². The molecule has 3 N–H and O–H groups in total. The third kappa shape index (κ3) is 3.70. The van der Waals surface area contributed by atoms with E-state index in [2.05, 4.69) is 14.8 Å². The second kappa shape index (κ2) is 6.79. The van der Waals surface area contributed by atoms with Gasteiger partial charge in [0.05, 0.1) is 21.4 Å². The minimum absolute atomic E-state index is 0.0129. The van der Waals surface area contributed by atoms with Crippen molar-refractivity contribution in [3.63, 3.8) is 0 Å². The first-order valence-electron chi connectivity index (χ1n) is 6.58. The Morgan fingerprint density at radius 1 is 1.15 bits per heavy atom. The van der Waals surface area contributed by atoms with Crippen molar-refractivity contribution in [1.29, 1.82) is 0 Å². The average Bonchev–Trinajstić information content (AvgIpc) is 3.20. The molecule has 2 heterocycles. The number of halogens is 2. The second-order valence-corrected chi connectivity index (χ2v) is 9.95. The van der Waals surface area contributed by atoms with Crippen LogP contribution in [0.2, 0.25) is 10.0 Å². The van der Waals surface area contributed by atoms with Gasteiger partial charge in [-0.25, -0.2) is 31.6 Å². The van der Waals surface area contributed by atoms with E-state index in [-0.39, 0.29) is 25.6 Å². The van der Waals surface area contributed by atoms with Crippen molar-refractivity contribution in [3.8, 4) is 5.69 Å². The summed E-state index contributed by atoms with van der Waals surface area (Å²) in [5.41, 5.74) is -0.0655. The fourth-order valence-electron chi connectivity index (χ4n) is 1.99. The Balaban J connectivity index is 2.19. The van der Waals surface area contributed by atoms with Crippen molar-refractivity contribution in [2.45, 2.75) is 9.37 Å². The van der Waals surface area contributed by atoms with E-state index in [9.17, 15) is 16.8 Å². The molecule has 14 heteroatoms. The predicted octanol–water partition coefficient (Wildman–Crippen LogP) is 2.08. The van der Waals surface area contributed by atoms with E-state index < -0.39 is 25.2 Å². The molecule has 2 aromatic heterocycles. The summed E-state index contributed by atoms with van der Waals surface area (Å²) in [5, 5.41) is 10.0. The minimum atomic E-state index is -4.23. The quantitative estimate of drug-likeness (QED) is 0.606. The summed E-state index contributed by atoms with van der Waals surface area (Å²) in [5.74, 6) is 0. The first-order chi connectivity index (χ1) is 12.1. The number of sulfonamides is 2. The molecule has 0 atom stereocenters. The first-order valence-corrected chi connectivity index (χ1v) is 11.2. The van der Waals surface area contributed by atoms with Crippen LogP contribution >= 0.6 is 34.5 Å². The molecular formula is C12H9Cl2N5O4S3. The number of anilines is 1. The number of hydrogen-bond acceptors (Lipinski definition) is 7. The number of hydrogen-bond donors (Lipinski definition) is 2. The first kappa shape index (κ1) is 19.1. The fraction of sp³-hybridized carbons (Fsp3) is 0. The molecule has 1 aromatic carbocycles. The van der Waals surface area contributed by atoms with Gasteiger partial charge in [0.2, 0.25) is 0 Å². The zero-order valence-corrected chi connectivity index (χ0v) is 16.5. The molecule has 9 nitrogen and oxygen atoms in total. The van der Waals surface area contributed by atoms with Gasteiger partial charge in [0, 0.05) is 0 Å². The molecule has 0 fully saturated rings. The number of benzene rings is 1. The van der Waals surface area contributed by atoms with Crippen LogP contribution in [0.25, 0.3) is 5.69 Å². The van der Waals surface area contributed by atoms with Gasteiger partial charge in [-0.15, -0.1) is 11.3 Å². The largest absolute Gasteiger partial charge is 0.277 e. The molecule has 0 aliphatic heterocycles. The van der Waals surface area contributed by atoms with Crippen molar-refractivity contribution in [2.75, 3.05) is 4.72 Å². The molecule has 3 rings (SSSR count). The van der Waals surface area contributed by atoms with Crippen molar-refractivity contribution < 1.29 is 16.8 Å². The molecule has 0 radical (unpaired) electrons. The van der Waals surface area contributed by atoms with Crippen LogP contribution in [0.15, 0.2) is 45.3 Å². The Morgan fingerprint density at radius 3 is 2.46 bits per heavy atom. The Labute approximate surface area is 162 Å². The van der Waals surface area contributed by atoms with Crippen molar-refractivity contribution in [3.05, 3.63) is 46.0 Å². The SMILES string of the molecule is NS(=O)(=O)c1ncnn1-c1cc(Cl)c(Cl)cc1NS(=O)(=O)c1cccs1. The molecule has 26 heavy (non-hydrogen) atoms. The van der Waals surface area contributed by atoms with Crippen LogP contribution in [-0.2, 0) is 20.0 Å². The summed E-state index contributed by atoms with van der Waals surface area (Å²) in [6.45, 7) is 0. The second-order valence-electron chi connectivity index (χ2n) is 4.82. The Bertz CT molecular complexity index is 1170. The molecule has 0 spiro atoms. The van der Waals surface area contributed by atoms with Crippen molar-refractivity contribution in [2.24, 2.45) is 5.14 Å². The summed E-state index contributed by atoms with van der Waals surface area (Å²) < 4.78 is 51.6. The minimum Gasteiger partial charge on any atom is -0.277 e. The molecule has 0 unspecified atom stereocenters. The normalized spacial score (nSPS) is 12.3. The van der Waals surface area contributed by atoms with Gasteiger partial charge in [0.15, 0.2) is 0 Å². The number of thiophene rings is 1. The van der Waals surface area contributed by atoms with Crippen molar-refractivity contribution in [1.82, 2.24) is 14.8 Å². The lowest BCUT2D eigenvalue weighted by atomic mass is 10.3. The number of nitrogens with two attached hydrogens (primary N) is 1. The lowest BCUT2D eigenvalue weighted by Crippen LogP contribution is -2.20. The van der Waals surface area contributed by atoms with E-state index in [4.69, 9.17) is 28.3 Å². The number of primary sulfonamides is 1. The number of aromatic nitrogens is 3. The number of nitrogens with one attached hydrogen (secondary N) is 1. The molecule has 0 aliphatic carbocycles. The molecule has 138 valence electrons. The third-order valence-corrected chi connectivity index (χ3v) is 7.31. The van der Waals surface area contributed by atoms with Gasteiger partial charge in [0.1, 0.15) is 10.5 Å². The molecule has 0 saturated carbocycles. The fourth-order valence-corrected chi connectivity index (χ4v) is 4.96. The van der Waals surface area contributed by atoms with Crippen LogP contribution in [0.1, 0.15) is 0 Å².